The number of hydrogen-bond donors (Lipinski definition) is 2. The second-order valence-corrected chi connectivity index (χ2v) is 6.03. The van der Waals surface area contributed by atoms with E-state index in [4.69, 9.17) is 0 Å². The van der Waals surface area contributed by atoms with Crippen LogP contribution in [0.1, 0.15) is 17.7 Å². The highest BCUT2D eigenvalue weighted by Gasteiger charge is 2.27. The summed E-state index contributed by atoms with van der Waals surface area (Å²) in [6.07, 6.45) is 2.21. The maximum atomic E-state index is 13.2. The Kier molecular flexibility index (Phi) is 7.12. The Bertz CT molecular complexity index is 629. The minimum Gasteiger partial charge on any atom is -0.390 e. The summed E-state index contributed by atoms with van der Waals surface area (Å²) in [7, 11) is 0. The molecular formula is C18H23ClFN3O. The van der Waals surface area contributed by atoms with Gasteiger partial charge in [-0.05, 0) is 36.2 Å². The fourth-order valence-electron chi connectivity index (χ4n) is 3.01. The Morgan fingerprint density at radius 3 is 2.83 bits per heavy atom. The minimum absolute atomic E-state index is 0. The number of aliphatic hydroxyl groups excluding tert-OH is 1. The number of nitrogens with one attached hydrogen (secondary N) is 1. The third-order valence-corrected chi connectivity index (χ3v) is 4.23. The zero-order valence-electron chi connectivity index (χ0n) is 13.4. The highest BCUT2D eigenvalue weighted by atomic mass is 35.5. The number of halogens is 2. The molecular weight excluding hydrogens is 329 g/mol. The van der Waals surface area contributed by atoms with Crippen molar-refractivity contribution >= 4 is 12.4 Å². The molecule has 1 aliphatic rings. The first-order chi connectivity index (χ1) is 11.2. The van der Waals surface area contributed by atoms with Gasteiger partial charge in [0, 0.05) is 38.4 Å². The molecule has 1 aromatic carbocycles. The van der Waals surface area contributed by atoms with Gasteiger partial charge in [-0.3, -0.25) is 9.88 Å². The Balaban J connectivity index is 0.00000208. The number of pyridine rings is 1. The minimum atomic E-state index is -0.430. The second kappa shape index (κ2) is 9.08. The van der Waals surface area contributed by atoms with E-state index < -0.39 is 6.10 Å². The van der Waals surface area contributed by atoms with Gasteiger partial charge in [-0.15, -0.1) is 12.4 Å². The number of likely N-dealkylation sites (tertiary alicyclic amines) is 1. The molecule has 3 rings (SSSR count). The van der Waals surface area contributed by atoms with Gasteiger partial charge >= 0.3 is 0 Å². The fourth-order valence-corrected chi connectivity index (χ4v) is 3.01. The number of aromatic nitrogens is 1. The lowest BCUT2D eigenvalue weighted by Crippen LogP contribution is -2.52. The smallest absolute Gasteiger partial charge is 0.123 e. The number of aliphatic hydroxyl groups is 1. The van der Waals surface area contributed by atoms with Crippen LogP contribution in [0.4, 0.5) is 4.39 Å². The summed E-state index contributed by atoms with van der Waals surface area (Å²) in [4.78, 5) is 6.44. The van der Waals surface area contributed by atoms with E-state index in [1.165, 1.54) is 6.07 Å². The van der Waals surface area contributed by atoms with Crippen molar-refractivity contribution in [3.8, 4) is 0 Å². The highest BCUT2D eigenvalue weighted by Crippen LogP contribution is 2.15. The zero-order chi connectivity index (χ0) is 16.1. The van der Waals surface area contributed by atoms with Crippen molar-refractivity contribution in [2.24, 2.45) is 0 Å². The van der Waals surface area contributed by atoms with Gasteiger partial charge in [0.25, 0.3) is 0 Å². The number of rotatable bonds is 5. The number of β-amino-alcohol motifs (C(OH)–C–C–N with tert-alkyl or cyclic N) is 1. The molecule has 1 fully saturated rings. The van der Waals surface area contributed by atoms with Crippen molar-refractivity contribution < 1.29 is 9.50 Å². The van der Waals surface area contributed by atoms with Gasteiger partial charge in [-0.2, -0.15) is 0 Å². The van der Waals surface area contributed by atoms with Crippen LogP contribution < -0.4 is 5.32 Å². The van der Waals surface area contributed by atoms with Crippen molar-refractivity contribution in [2.45, 2.75) is 31.7 Å². The van der Waals surface area contributed by atoms with Crippen molar-refractivity contribution in [3.05, 3.63) is 65.7 Å². The quantitative estimate of drug-likeness (QED) is 0.868. The molecule has 0 bridgehead atoms. The molecule has 1 aliphatic heterocycles. The molecule has 1 saturated heterocycles. The lowest BCUT2D eigenvalue weighted by atomic mass is 10.0. The van der Waals surface area contributed by atoms with Crippen LogP contribution >= 0.6 is 12.4 Å². The third kappa shape index (κ3) is 5.24. The first-order valence-electron chi connectivity index (χ1n) is 7.99. The van der Waals surface area contributed by atoms with E-state index in [1.54, 1.807) is 18.3 Å². The summed E-state index contributed by atoms with van der Waals surface area (Å²) in [5, 5.41) is 13.7. The lowest BCUT2D eigenvalue weighted by molar-refractivity contribution is 0.0364. The molecule has 0 unspecified atom stereocenters. The Morgan fingerprint density at radius 2 is 2.12 bits per heavy atom. The molecule has 1 aromatic heterocycles. The average Bonchev–Trinajstić information content (AvgIpc) is 2.55. The van der Waals surface area contributed by atoms with E-state index in [2.05, 4.69) is 15.2 Å². The highest BCUT2D eigenvalue weighted by molar-refractivity contribution is 5.85. The van der Waals surface area contributed by atoms with Gasteiger partial charge in [0.1, 0.15) is 5.82 Å². The van der Waals surface area contributed by atoms with E-state index in [9.17, 15) is 9.50 Å². The number of nitrogens with zero attached hydrogens (tertiary/aromatic N) is 2. The topological polar surface area (TPSA) is 48.4 Å². The number of benzene rings is 1. The molecule has 2 heterocycles. The average molecular weight is 352 g/mol. The summed E-state index contributed by atoms with van der Waals surface area (Å²) >= 11 is 0. The van der Waals surface area contributed by atoms with E-state index in [0.29, 0.717) is 19.6 Å². The van der Waals surface area contributed by atoms with Crippen molar-refractivity contribution in [2.75, 3.05) is 13.1 Å². The van der Waals surface area contributed by atoms with Gasteiger partial charge in [0.2, 0.25) is 0 Å². The standard InChI is InChI=1S/C18H22FN3O.ClH/c19-15-5-3-4-14(10-15)12-22-9-7-17(18(23)13-22)21-11-16-6-1-2-8-20-16;/h1-6,8,10,17-18,21,23H,7,9,11-13H2;1H/t17-,18-;/m1./s1. The van der Waals surface area contributed by atoms with Crippen LogP contribution in [0.5, 0.6) is 0 Å². The molecule has 0 spiro atoms. The van der Waals surface area contributed by atoms with Crippen molar-refractivity contribution in [1.82, 2.24) is 15.2 Å². The van der Waals surface area contributed by atoms with E-state index in [0.717, 1.165) is 24.2 Å². The molecule has 0 saturated carbocycles. The SMILES string of the molecule is Cl.O[C@@H]1CN(Cc2cccc(F)c2)CC[C@H]1NCc1ccccn1. The molecule has 0 radical (unpaired) electrons. The van der Waals surface area contributed by atoms with Crippen LogP contribution in [0, 0.1) is 5.82 Å². The molecule has 2 aromatic rings. The molecule has 24 heavy (non-hydrogen) atoms. The largest absolute Gasteiger partial charge is 0.390 e. The van der Waals surface area contributed by atoms with Crippen LogP contribution in [0.15, 0.2) is 48.7 Å². The first kappa shape index (κ1) is 18.8. The normalized spacial score (nSPS) is 21.2. The summed E-state index contributed by atoms with van der Waals surface area (Å²) < 4.78 is 13.2. The summed E-state index contributed by atoms with van der Waals surface area (Å²) in [6, 6.07) is 12.5. The number of piperidine rings is 1. The molecule has 2 atom stereocenters. The molecule has 0 aliphatic carbocycles. The maximum absolute atomic E-state index is 13.2. The van der Waals surface area contributed by atoms with E-state index in [-0.39, 0.29) is 24.3 Å². The van der Waals surface area contributed by atoms with Crippen LogP contribution in [0.2, 0.25) is 0 Å². The van der Waals surface area contributed by atoms with Crippen LogP contribution in [0.25, 0.3) is 0 Å². The Labute approximate surface area is 148 Å². The van der Waals surface area contributed by atoms with Gasteiger partial charge in [-0.25, -0.2) is 4.39 Å². The van der Waals surface area contributed by atoms with Crippen LogP contribution in [-0.2, 0) is 13.1 Å². The van der Waals surface area contributed by atoms with Gasteiger partial charge in [0.05, 0.1) is 11.8 Å². The van der Waals surface area contributed by atoms with Crippen LogP contribution in [0.3, 0.4) is 0 Å². The monoisotopic (exact) mass is 351 g/mol. The third-order valence-electron chi connectivity index (χ3n) is 4.23. The zero-order valence-corrected chi connectivity index (χ0v) is 14.3. The van der Waals surface area contributed by atoms with Gasteiger partial charge in [-0.1, -0.05) is 18.2 Å². The van der Waals surface area contributed by atoms with Crippen molar-refractivity contribution in [3.63, 3.8) is 0 Å². The van der Waals surface area contributed by atoms with Gasteiger partial charge in [0.15, 0.2) is 0 Å². The fraction of sp³-hybridized carbons (Fsp3) is 0.389. The summed E-state index contributed by atoms with van der Waals surface area (Å²) in [6.45, 7) is 2.80. The predicted octanol–water partition coefficient (Wildman–Crippen LogP) is 2.37. The van der Waals surface area contributed by atoms with Gasteiger partial charge < -0.3 is 10.4 Å². The van der Waals surface area contributed by atoms with E-state index in [1.807, 2.05) is 24.3 Å². The second-order valence-electron chi connectivity index (χ2n) is 6.03. The molecule has 6 heteroatoms. The summed E-state index contributed by atoms with van der Waals surface area (Å²) in [5.74, 6) is -0.213. The molecule has 0 amide bonds. The lowest BCUT2D eigenvalue weighted by Gasteiger charge is -2.36. The molecule has 4 nitrogen and oxygen atoms in total. The predicted molar refractivity (Wildman–Crippen MR) is 94.4 cm³/mol. The molecule has 2 N–H and O–H groups in total. The maximum Gasteiger partial charge on any atom is 0.123 e. The Morgan fingerprint density at radius 1 is 1.25 bits per heavy atom. The first-order valence-corrected chi connectivity index (χ1v) is 7.99. The van der Waals surface area contributed by atoms with E-state index >= 15 is 0 Å². The number of hydrogen-bond acceptors (Lipinski definition) is 4. The summed E-state index contributed by atoms with van der Waals surface area (Å²) in [5.41, 5.74) is 1.92. The molecule has 130 valence electrons. The van der Waals surface area contributed by atoms with Crippen molar-refractivity contribution in [1.29, 1.82) is 0 Å². The Hall–Kier alpha value is -1.53. The van der Waals surface area contributed by atoms with Crippen LogP contribution in [-0.4, -0.2) is 40.2 Å².